The number of carbonyl (C=O) groups excluding carboxylic acids is 1. The van der Waals surface area contributed by atoms with Gasteiger partial charge in [0.25, 0.3) is 0 Å². The molecule has 1 aromatic heterocycles. The topological polar surface area (TPSA) is 82.7 Å². The van der Waals surface area contributed by atoms with E-state index in [1.165, 1.54) is 0 Å². The van der Waals surface area contributed by atoms with Crippen LogP contribution in [-0.4, -0.2) is 28.0 Å². The zero-order valence-electron chi connectivity index (χ0n) is 10.1. The van der Waals surface area contributed by atoms with Gasteiger partial charge >= 0.3 is 0 Å². The van der Waals surface area contributed by atoms with Crippen LogP contribution in [0.4, 0.5) is 0 Å². The number of aromatic nitrogens is 2. The SMILES string of the molecule is CC(C)NCc1cn(CC(=O)NCC#N)cn1. The van der Waals surface area contributed by atoms with Gasteiger partial charge in [0.2, 0.25) is 5.91 Å². The summed E-state index contributed by atoms with van der Waals surface area (Å²) in [5.41, 5.74) is 0.895. The first-order valence-corrected chi connectivity index (χ1v) is 5.49. The molecule has 0 aromatic carbocycles. The lowest BCUT2D eigenvalue weighted by molar-refractivity contribution is -0.121. The molecule has 6 nitrogen and oxygen atoms in total. The summed E-state index contributed by atoms with van der Waals surface area (Å²) >= 11 is 0. The molecule has 0 bridgehead atoms. The Labute approximate surface area is 101 Å². The normalized spacial score (nSPS) is 10.2. The van der Waals surface area contributed by atoms with Crippen molar-refractivity contribution in [2.24, 2.45) is 0 Å². The van der Waals surface area contributed by atoms with Gasteiger partial charge in [0.05, 0.1) is 18.1 Å². The fourth-order valence-corrected chi connectivity index (χ4v) is 1.25. The molecular formula is C11H17N5O. The van der Waals surface area contributed by atoms with E-state index in [9.17, 15) is 4.79 Å². The highest BCUT2D eigenvalue weighted by Crippen LogP contribution is 1.96. The molecule has 0 aliphatic heterocycles. The number of hydrogen-bond donors (Lipinski definition) is 2. The quantitative estimate of drug-likeness (QED) is 0.681. The molecule has 1 amide bonds. The molecule has 0 radical (unpaired) electrons. The van der Waals surface area contributed by atoms with Crippen molar-refractivity contribution in [3.8, 4) is 6.07 Å². The lowest BCUT2D eigenvalue weighted by atomic mass is 10.3. The molecule has 0 saturated heterocycles. The lowest BCUT2D eigenvalue weighted by Crippen LogP contribution is -2.27. The van der Waals surface area contributed by atoms with Crippen LogP contribution < -0.4 is 10.6 Å². The summed E-state index contributed by atoms with van der Waals surface area (Å²) in [5.74, 6) is -0.188. The molecule has 92 valence electrons. The Morgan fingerprint density at radius 1 is 1.65 bits per heavy atom. The molecule has 0 unspecified atom stereocenters. The second-order valence-electron chi connectivity index (χ2n) is 4.01. The number of carbonyl (C=O) groups is 1. The summed E-state index contributed by atoms with van der Waals surface area (Å²) in [6, 6.07) is 2.26. The number of nitrogens with zero attached hydrogens (tertiary/aromatic N) is 3. The third kappa shape index (κ3) is 5.13. The Morgan fingerprint density at radius 3 is 3.06 bits per heavy atom. The molecular weight excluding hydrogens is 218 g/mol. The molecule has 1 aromatic rings. The molecule has 2 N–H and O–H groups in total. The van der Waals surface area contributed by atoms with Crippen molar-refractivity contribution in [1.29, 1.82) is 5.26 Å². The standard InChI is InChI=1S/C11H17N5O/c1-9(2)14-5-10-6-16(8-15-10)7-11(17)13-4-3-12/h6,8-9,14H,4-5,7H2,1-2H3,(H,13,17). The first kappa shape index (κ1) is 13.2. The van der Waals surface area contributed by atoms with Crippen LogP contribution in [0.2, 0.25) is 0 Å². The molecule has 17 heavy (non-hydrogen) atoms. The van der Waals surface area contributed by atoms with Crippen molar-refractivity contribution < 1.29 is 4.79 Å². The van der Waals surface area contributed by atoms with Gasteiger partial charge in [-0.15, -0.1) is 0 Å². The molecule has 0 spiro atoms. The predicted octanol–water partition coefficient (Wildman–Crippen LogP) is 0.0209. The highest BCUT2D eigenvalue weighted by atomic mass is 16.1. The zero-order chi connectivity index (χ0) is 12.7. The summed E-state index contributed by atoms with van der Waals surface area (Å²) in [6.45, 7) is 5.04. The van der Waals surface area contributed by atoms with E-state index in [0.717, 1.165) is 5.69 Å². The minimum Gasteiger partial charge on any atom is -0.341 e. The average Bonchev–Trinajstić information content (AvgIpc) is 2.71. The molecule has 1 heterocycles. The van der Waals surface area contributed by atoms with E-state index in [2.05, 4.69) is 29.5 Å². The van der Waals surface area contributed by atoms with Gasteiger partial charge in [-0.1, -0.05) is 13.8 Å². The monoisotopic (exact) mass is 235 g/mol. The number of nitriles is 1. The Bertz CT molecular complexity index is 404. The van der Waals surface area contributed by atoms with Gasteiger partial charge in [0.15, 0.2) is 0 Å². The zero-order valence-corrected chi connectivity index (χ0v) is 10.1. The van der Waals surface area contributed by atoms with E-state index in [4.69, 9.17) is 5.26 Å². The minimum atomic E-state index is -0.188. The highest BCUT2D eigenvalue weighted by Gasteiger charge is 2.04. The van der Waals surface area contributed by atoms with Crippen LogP contribution in [0.25, 0.3) is 0 Å². The van der Waals surface area contributed by atoms with Crippen molar-refractivity contribution in [3.05, 3.63) is 18.2 Å². The summed E-state index contributed by atoms with van der Waals surface area (Å²) in [4.78, 5) is 15.5. The Hall–Kier alpha value is -1.87. The molecule has 0 aliphatic carbocycles. The molecule has 0 atom stereocenters. The van der Waals surface area contributed by atoms with Gasteiger partial charge in [-0.2, -0.15) is 5.26 Å². The van der Waals surface area contributed by atoms with Crippen LogP contribution in [0, 0.1) is 11.3 Å². The van der Waals surface area contributed by atoms with E-state index < -0.39 is 0 Å². The summed E-state index contributed by atoms with van der Waals surface area (Å²) in [7, 11) is 0. The van der Waals surface area contributed by atoms with Crippen molar-refractivity contribution in [2.75, 3.05) is 6.54 Å². The minimum absolute atomic E-state index is 0.0370. The molecule has 0 aliphatic rings. The van der Waals surface area contributed by atoms with Gasteiger partial charge in [0, 0.05) is 18.8 Å². The van der Waals surface area contributed by atoms with Gasteiger partial charge in [-0.3, -0.25) is 4.79 Å². The maximum atomic E-state index is 11.3. The van der Waals surface area contributed by atoms with Crippen LogP contribution in [0.3, 0.4) is 0 Å². The summed E-state index contributed by atoms with van der Waals surface area (Å²) in [5, 5.41) is 14.0. The van der Waals surface area contributed by atoms with Crippen molar-refractivity contribution in [3.63, 3.8) is 0 Å². The van der Waals surface area contributed by atoms with Gasteiger partial charge in [-0.25, -0.2) is 4.98 Å². The van der Waals surface area contributed by atoms with Crippen LogP contribution in [0.5, 0.6) is 0 Å². The van der Waals surface area contributed by atoms with Gasteiger partial charge in [-0.05, 0) is 0 Å². The summed E-state index contributed by atoms with van der Waals surface area (Å²) < 4.78 is 1.70. The summed E-state index contributed by atoms with van der Waals surface area (Å²) in [6.07, 6.45) is 3.44. The maximum Gasteiger partial charge on any atom is 0.240 e. The molecule has 0 saturated carbocycles. The fourth-order valence-electron chi connectivity index (χ4n) is 1.25. The average molecular weight is 235 g/mol. The number of nitrogens with one attached hydrogen (secondary N) is 2. The van der Waals surface area contributed by atoms with E-state index in [1.807, 2.05) is 12.3 Å². The second-order valence-corrected chi connectivity index (χ2v) is 4.01. The third-order valence-electron chi connectivity index (χ3n) is 2.07. The Balaban J connectivity index is 2.40. The number of imidazole rings is 1. The Morgan fingerprint density at radius 2 is 2.41 bits per heavy atom. The first-order valence-electron chi connectivity index (χ1n) is 5.49. The van der Waals surface area contributed by atoms with Crippen LogP contribution in [-0.2, 0) is 17.9 Å². The van der Waals surface area contributed by atoms with Crippen molar-refractivity contribution in [2.45, 2.75) is 33.0 Å². The van der Waals surface area contributed by atoms with Crippen molar-refractivity contribution in [1.82, 2.24) is 20.2 Å². The second kappa shape index (κ2) is 6.66. The number of hydrogen-bond acceptors (Lipinski definition) is 4. The van der Waals surface area contributed by atoms with E-state index >= 15 is 0 Å². The Kier molecular flexibility index (Phi) is 5.17. The largest absolute Gasteiger partial charge is 0.341 e. The van der Waals surface area contributed by atoms with Crippen LogP contribution in [0.15, 0.2) is 12.5 Å². The smallest absolute Gasteiger partial charge is 0.240 e. The highest BCUT2D eigenvalue weighted by molar-refractivity contribution is 5.75. The van der Waals surface area contributed by atoms with Gasteiger partial charge in [0.1, 0.15) is 13.1 Å². The fraction of sp³-hybridized carbons (Fsp3) is 0.545. The van der Waals surface area contributed by atoms with Gasteiger partial charge < -0.3 is 15.2 Å². The van der Waals surface area contributed by atoms with Crippen LogP contribution in [0.1, 0.15) is 19.5 Å². The number of amides is 1. The predicted molar refractivity (Wildman–Crippen MR) is 62.8 cm³/mol. The van der Waals surface area contributed by atoms with Crippen molar-refractivity contribution >= 4 is 5.91 Å². The van der Waals surface area contributed by atoms with E-state index in [-0.39, 0.29) is 19.0 Å². The molecule has 0 fully saturated rings. The molecule has 1 rings (SSSR count). The first-order chi connectivity index (χ1) is 8.11. The number of rotatable bonds is 6. The maximum absolute atomic E-state index is 11.3. The van der Waals surface area contributed by atoms with E-state index in [1.54, 1.807) is 10.9 Å². The van der Waals surface area contributed by atoms with E-state index in [0.29, 0.717) is 12.6 Å². The molecule has 6 heteroatoms. The third-order valence-corrected chi connectivity index (χ3v) is 2.07. The van der Waals surface area contributed by atoms with Crippen LogP contribution >= 0.6 is 0 Å². The lowest BCUT2D eigenvalue weighted by Gasteiger charge is -2.05.